The van der Waals surface area contributed by atoms with E-state index in [1.807, 2.05) is 6.07 Å². The Kier molecular flexibility index (Phi) is 5.07. The lowest BCUT2D eigenvalue weighted by Gasteiger charge is -2.20. The number of carbonyl (C=O) groups is 3. The SMILES string of the molecule is CC1(C(=O)Nc2ccc(Cl)o2)CC(=O)N(CCc2cccc(Cl)c2)C1=O. The molecule has 1 aliphatic rings. The third-order valence-corrected chi connectivity index (χ3v) is 4.79. The van der Waals surface area contributed by atoms with E-state index in [0.717, 1.165) is 10.5 Å². The standard InChI is InChI=1S/C18H16Cl2N2O4/c1-18(16(24)21-14-6-5-13(20)26-14)10-15(23)22(17(18)25)8-7-11-3-2-4-12(19)9-11/h2-6,9H,7-8,10H2,1H3,(H,21,24). The van der Waals surface area contributed by atoms with Gasteiger partial charge in [-0.1, -0.05) is 23.7 Å². The lowest BCUT2D eigenvalue weighted by atomic mass is 9.87. The van der Waals surface area contributed by atoms with Gasteiger partial charge >= 0.3 is 0 Å². The summed E-state index contributed by atoms with van der Waals surface area (Å²) in [5, 5.41) is 3.19. The Hall–Kier alpha value is -2.31. The lowest BCUT2D eigenvalue weighted by molar-refractivity contribution is -0.143. The number of hydrogen-bond acceptors (Lipinski definition) is 4. The van der Waals surface area contributed by atoms with Crippen molar-refractivity contribution < 1.29 is 18.8 Å². The number of anilines is 1. The summed E-state index contributed by atoms with van der Waals surface area (Å²) in [6.45, 7) is 1.64. The molecule has 1 fully saturated rings. The summed E-state index contributed by atoms with van der Waals surface area (Å²) in [7, 11) is 0. The Morgan fingerprint density at radius 3 is 2.69 bits per heavy atom. The van der Waals surface area contributed by atoms with Crippen LogP contribution in [0.5, 0.6) is 0 Å². The number of nitrogens with zero attached hydrogens (tertiary/aromatic N) is 1. The van der Waals surface area contributed by atoms with E-state index in [9.17, 15) is 14.4 Å². The molecule has 2 aromatic rings. The predicted molar refractivity (Wildman–Crippen MR) is 96.9 cm³/mol. The summed E-state index contributed by atoms with van der Waals surface area (Å²) in [5.74, 6) is -1.39. The molecule has 1 aliphatic heterocycles. The summed E-state index contributed by atoms with van der Waals surface area (Å²) < 4.78 is 5.08. The number of amides is 3. The lowest BCUT2D eigenvalue weighted by Crippen LogP contribution is -2.42. The average molecular weight is 395 g/mol. The van der Waals surface area contributed by atoms with Crippen molar-refractivity contribution in [2.75, 3.05) is 11.9 Å². The highest BCUT2D eigenvalue weighted by molar-refractivity contribution is 6.30. The zero-order chi connectivity index (χ0) is 18.9. The number of nitrogens with one attached hydrogen (secondary N) is 1. The molecule has 8 heteroatoms. The van der Waals surface area contributed by atoms with Crippen molar-refractivity contribution in [2.45, 2.75) is 19.8 Å². The molecule has 1 aromatic carbocycles. The van der Waals surface area contributed by atoms with Crippen molar-refractivity contribution in [3.8, 4) is 0 Å². The van der Waals surface area contributed by atoms with Crippen LogP contribution in [-0.2, 0) is 20.8 Å². The van der Waals surface area contributed by atoms with Gasteiger partial charge in [0.2, 0.25) is 23.6 Å². The monoisotopic (exact) mass is 394 g/mol. The van der Waals surface area contributed by atoms with E-state index >= 15 is 0 Å². The molecule has 1 unspecified atom stereocenters. The number of carbonyl (C=O) groups excluding carboxylic acids is 3. The molecule has 0 aliphatic carbocycles. The van der Waals surface area contributed by atoms with E-state index in [1.54, 1.807) is 18.2 Å². The molecule has 3 rings (SSSR count). The van der Waals surface area contributed by atoms with Gasteiger partial charge in [-0.15, -0.1) is 0 Å². The van der Waals surface area contributed by atoms with Crippen molar-refractivity contribution in [2.24, 2.45) is 5.41 Å². The fraction of sp³-hybridized carbons (Fsp3) is 0.278. The molecule has 2 heterocycles. The maximum atomic E-state index is 12.7. The van der Waals surface area contributed by atoms with Crippen LogP contribution in [0.4, 0.5) is 5.88 Å². The Labute approximate surface area is 160 Å². The molecule has 3 amide bonds. The first-order valence-corrected chi connectivity index (χ1v) is 8.71. The topological polar surface area (TPSA) is 79.6 Å². The van der Waals surface area contributed by atoms with E-state index in [0.29, 0.717) is 11.4 Å². The van der Waals surface area contributed by atoms with Gasteiger partial charge in [0.15, 0.2) is 5.22 Å². The molecule has 0 spiro atoms. The zero-order valence-electron chi connectivity index (χ0n) is 13.9. The number of likely N-dealkylation sites (tertiary alicyclic amines) is 1. The average Bonchev–Trinajstić information content (AvgIpc) is 3.08. The third-order valence-electron chi connectivity index (χ3n) is 4.35. The Balaban J connectivity index is 1.69. The highest BCUT2D eigenvalue weighted by Crippen LogP contribution is 2.34. The smallest absolute Gasteiger partial charge is 0.245 e. The van der Waals surface area contributed by atoms with Gasteiger partial charge in [0.1, 0.15) is 5.41 Å². The molecular weight excluding hydrogens is 379 g/mol. The maximum absolute atomic E-state index is 12.7. The minimum absolute atomic E-state index is 0.113. The number of furan rings is 1. The van der Waals surface area contributed by atoms with Crippen LogP contribution in [-0.4, -0.2) is 29.2 Å². The van der Waals surface area contributed by atoms with Gasteiger partial charge in [-0.05, 0) is 48.7 Å². The number of benzene rings is 1. The third kappa shape index (κ3) is 3.61. The van der Waals surface area contributed by atoms with Gasteiger partial charge in [0, 0.05) is 17.6 Å². The van der Waals surface area contributed by atoms with Crippen molar-refractivity contribution in [1.82, 2.24) is 4.90 Å². The Morgan fingerprint density at radius 2 is 2.04 bits per heavy atom. The van der Waals surface area contributed by atoms with Crippen LogP contribution >= 0.6 is 23.2 Å². The minimum atomic E-state index is -1.48. The molecule has 136 valence electrons. The first-order valence-electron chi connectivity index (χ1n) is 7.95. The summed E-state index contributed by atoms with van der Waals surface area (Å²) in [5.41, 5.74) is -0.577. The summed E-state index contributed by atoms with van der Waals surface area (Å²) in [6.07, 6.45) is 0.269. The van der Waals surface area contributed by atoms with Crippen LogP contribution in [0.25, 0.3) is 0 Å². The molecule has 26 heavy (non-hydrogen) atoms. The molecule has 6 nitrogen and oxygen atoms in total. The summed E-state index contributed by atoms with van der Waals surface area (Å²) in [6, 6.07) is 10.1. The van der Waals surface area contributed by atoms with E-state index in [-0.39, 0.29) is 30.0 Å². The largest absolute Gasteiger partial charge is 0.429 e. The highest BCUT2D eigenvalue weighted by Gasteiger charge is 2.53. The second-order valence-corrected chi connectivity index (χ2v) is 7.11. The van der Waals surface area contributed by atoms with Gasteiger partial charge < -0.3 is 4.42 Å². The van der Waals surface area contributed by atoms with Crippen molar-refractivity contribution >= 4 is 46.8 Å². The zero-order valence-corrected chi connectivity index (χ0v) is 15.4. The highest BCUT2D eigenvalue weighted by atomic mass is 35.5. The van der Waals surface area contributed by atoms with Crippen LogP contribution < -0.4 is 5.32 Å². The van der Waals surface area contributed by atoms with Crippen molar-refractivity contribution in [1.29, 1.82) is 0 Å². The second-order valence-electron chi connectivity index (χ2n) is 6.30. The van der Waals surface area contributed by atoms with Gasteiger partial charge in [-0.25, -0.2) is 0 Å². The van der Waals surface area contributed by atoms with E-state index in [1.165, 1.54) is 19.1 Å². The van der Waals surface area contributed by atoms with Crippen LogP contribution in [0, 0.1) is 5.41 Å². The van der Waals surface area contributed by atoms with Crippen LogP contribution in [0.1, 0.15) is 18.9 Å². The fourth-order valence-corrected chi connectivity index (χ4v) is 3.21. The quantitative estimate of drug-likeness (QED) is 0.621. The van der Waals surface area contributed by atoms with Crippen LogP contribution in [0.2, 0.25) is 10.2 Å². The van der Waals surface area contributed by atoms with Gasteiger partial charge in [-0.2, -0.15) is 0 Å². The first-order chi connectivity index (χ1) is 12.3. The molecule has 0 saturated carbocycles. The number of hydrogen-bond donors (Lipinski definition) is 1. The van der Waals surface area contributed by atoms with Crippen molar-refractivity contribution in [3.63, 3.8) is 0 Å². The maximum Gasteiger partial charge on any atom is 0.245 e. The summed E-state index contributed by atoms with van der Waals surface area (Å²) >= 11 is 11.6. The molecule has 0 bridgehead atoms. The normalized spacial score (nSPS) is 19.9. The first kappa shape index (κ1) is 18.5. The van der Waals surface area contributed by atoms with Gasteiger partial charge in [0.05, 0.1) is 6.42 Å². The molecule has 1 aromatic heterocycles. The van der Waals surface area contributed by atoms with Crippen LogP contribution in [0.15, 0.2) is 40.8 Å². The summed E-state index contributed by atoms with van der Waals surface area (Å²) in [4.78, 5) is 38.7. The minimum Gasteiger partial charge on any atom is -0.429 e. The Bertz CT molecular complexity index is 880. The molecule has 0 radical (unpaired) electrons. The Morgan fingerprint density at radius 1 is 1.27 bits per heavy atom. The van der Waals surface area contributed by atoms with Gasteiger partial charge in [-0.3, -0.25) is 24.6 Å². The van der Waals surface area contributed by atoms with E-state index in [2.05, 4.69) is 5.32 Å². The molecular formula is C18H16Cl2N2O4. The van der Waals surface area contributed by atoms with Crippen LogP contribution in [0.3, 0.4) is 0 Å². The predicted octanol–water partition coefficient (Wildman–Crippen LogP) is 3.53. The second kappa shape index (κ2) is 7.13. The van der Waals surface area contributed by atoms with E-state index < -0.39 is 17.2 Å². The number of rotatable bonds is 5. The number of halogens is 2. The number of imide groups is 1. The van der Waals surface area contributed by atoms with Crippen molar-refractivity contribution in [3.05, 3.63) is 52.2 Å². The molecule has 1 saturated heterocycles. The fourth-order valence-electron chi connectivity index (χ4n) is 2.85. The molecule has 1 atom stereocenters. The van der Waals surface area contributed by atoms with Gasteiger partial charge in [0.25, 0.3) is 0 Å². The molecule has 1 N–H and O–H groups in total. The van der Waals surface area contributed by atoms with E-state index in [4.69, 9.17) is 27.6 Å².